The fourth-order valence-corrected chi connectivity index (χ4v) is 6.13. The molecule has 5 nitrogen and oxygen atoms in total. The Labute approximate surface area is 196 Å². The summed E-state index contributed by atoms with van der Waals surface area (Å²) in [5.41, 5.74) is 1.46. The number of nitrogens with zero attached hydrogens (tertiary/aromatic N) is 1. The van der Waals surface area contributed by atoms with Crippen molar-refractivity contribution in [2.45, 2.75) is 77.5 Å². The molecule has 1 N–H and O–H groups in total. The number of ether oxygens (including phenoxy) is 1. The van der Waals surface area contributed by atoms with Crippen LogP contribution in [0.1, 0.15) is 76.2 Å². The zero-order valence-corrected chi connectivity index (χ0v) is 20.1. The van der Waals surface area contributed by atoms with Gasteiger partial charge >= 0.3 is 12.1 Å². The minimum Gasteiger partial charge on any atom is -0.481 e. The molecular formula is C28H35NO4. The third-order valence-corrected chi connectivity index (χ3v) is 7.77. The highest BCUT2D eigenvalue weighted by molar-refractivity contribution is 5.83. The summed E-state index contributed by atoms with van der Waals surface area (Å²) in [7, 11) is 0. The number of carbonyl (C=O) groups excluding carboxylic acids is 1. The van der Waals surface area contributed by atoms with Crippen molar-refractivity contribution in [2.75, 3.05) is 0 Å². The molecule has 1 aliphatic carbocycles. The van der Waals surface area contributed by atoms with Gasteiger partial charge in [-0.15, -0.1) is 0 Å². The van der Waals surface area contributed by atoms with Gasteiger partial charge < -0.3 is 9.84 Å². The number of amides is 1. The lowest BCUT2D eigenvalue weighted by atomic mass is 9.55. The molecule has 1 saturated heterocycles. The third-order valence-electron chi connectivity index (χ3n) is 7.77. The molecule has 2 aromatic rings. The number of hydrogen-bond donors (Lipinski definition) is 1. The second-order valence-corrected chi connectivity index (χ2v) is 10.6. The van der Waals surface area contributed by atoms with Crippen molar-refractivity contribution in [1.82, 2.24) is 4.90 Å². The van der Waals surface area contributed by atoms with Crippen LogP contribution in [0.4, 0.5) is 4.79 Å². The van der Waals surface area contributed by atoms with E-state index in [4.69, 9.17) is 4.74 Å². The predicted octanol–water partition coefficient (Wildman–Crippen LogP) is 6.33. The Morgan fingerprint density at radius 3 is 2.18 bits per heavy atom. The van der Waals surface area contributed by atoms with Crippen molar-refractivity contribution < 1.29 is 19.4 Å². The molecule has 2 aliphatic rings. The van der Waals surface area contributed by atoms with E-state index in [9.17, 15) is 14.7 Å². The van der Waals surface area contributed by atoms with Crippen LogP contribution in [0.2, 0.25) is 0 Å². The Balaban J connectivity index is 1.59. The zero-order valence-electron chi connectivity index (χ0n) is 20.1. The quantitative estimate of drug-likeness (QED) is 0.560. The van der Waals surface area contributed by atoms with Gasteiger partial charge in [0.15, 0.2) is 0 Å². The average Bonchev–Trinajstić information content (AvgIpc) is 3.39. The summed E-state index contributed by atoms with van der Waals surface area (Å²) >= 11 is 0. The van der Waals surface area contributed by atoms with Crippen LogP contribution in [0.3, 0.4) is 0 Å². The molecule has 0 aromatic heterocycles. The van der Waals surface area contributed by atoms with Crippen LogP contribution in [-0.4, -0.2) is 28.1 Å². The summed E-state index contributed by atoms with van der Waals surface area (Å²) < 4.78 is 5.68. The minimum atomic E-state index is -0.930. The molecule has 2 fully saturated rings. The number of hydrogen-bond acceptors (Lipinski definition) is 3. The van der Waals surface area contributed by atoms with E-state index in [-0.39, 0.29) is 24.2 Å². The van der Waals surface area contributed by atoms with E-state index in [1.807, 2.05) is 82.3 Å². The maximum Gasteiger partial charge on any atom is 0.411 e. The van der Waals surface area contributed by atoms with Gasteiger partial charge in [0.1, 0.15) is 11.5 Å². The molecule has 1 aliphatic heterocycles. The van der Waals surface area contributed by atoms with Crippen molar-refractivity contribution in [3.8, 4) is 0 Å². The minimum absolute atomic E-state index is 0.0919. The molecule has 2 aromatic carbocycles. The summed E-state index contributed by atoms with van der Waals surface area (Å²) in [6.07, 6.45) is 3.46. The van der Waals surface area contributed by atoms with E-state index >= 15 is 0 Å². The highest BCUT2D eigenvalue weighted by Gasteiger charge is 2.55. The van der Waals surface area contributed by atoms with Crippen molar-refractivity contribution >= 4 is 12.1 Å². The largest absolute Gasteiger partial charge is 0.481 e. The van der Waals surface area contributed by atoms with Gasteiger partial charge in [0.25, 0.3) is 0 Å². The van der Waals surface area contributed by atoms with Gasteiger partial charge in [-0.2, -0.15) is 0 Å². The monoisotopic (exact) mass is 449 g/mol. The van der Waals surface area contributed by atoms with E-state index in [1.165, 1.54) is 0 Å². The lowest BCUT2D eigenvalue weighted by molar-refractivity contribution is -0.152. The molecule has 1 amide bonds. The summed E-state index contributed by atoms with van der Waals surface area (Å²) in [5.74, 6) is -0.613. The first-order chi connectivity index (χ1) is 15.7. The van der Waals surface area contributed by atoms with Crippen molar-refractivity contribution in [2.24, 2.45) is 11.3 Å². The topological polar surface area (TPSA) is 66.8 Å². The second kappa shape index (κ2) is 8.85. The SMILES string of the molecule is C[C@@H]1[C@H](c2ccccc2)OC(=O)N1Cc1ccc(C(C(=O)O)(C2CCCC2)C(C)(C)C)cc1. The highest BCUT2D eigenvalue weighted by atomic mass is 16.6. The maximum atomic E-state index is 12.8. The standard InChI is InChI=1S/C28H35NO4/c1-19-24(21-10-6-5-7-11-21)33-26(32)29(19)18-20-14-16-23(17-15-20)28(25(30)31,27(2,3)4)22-12-8-9-13-22/h5-7,10-11,14-17,19,22,24H,8-9,12-13,18H2,1-4H3,(H,30,31)/t19-,24-,28?/m1/s1. The molecule has 1 saturated carbocycles. The Morgan fingerprint density at radius 2 is 1.64 bits per heavy atom. The number of carboxylic acids is 1. The van der Waals surface area contributed by atoms with E-state index < -0.39 is 16.8 Å². The number of aliphatic carboxylic acids is 1. The molecule has 176 valence electrons. The Hall–Kier alpha value is -2.82. The van der Waals surface area contributed by atoms with Crippen molar-refractivity contribution in [3.05, 3.63) is 71.3 Å². The van der Waals surface area contributed by atoms with Gasteiger partial charge in [0, 0.05) is 6.54 Å². The van der Waals surface area contributed by atoms with Crippen molar-refractivity contribution in [1.29, 1.82) is 0 Å². The number of benzene rings is 2. The summed E-state index contributed by atoms with van der Waals surface area (Å²) in [6.45, 7) is 8.56. The first-order valence-electron chi connectivity index (χ1n) is 12.0. The van der Waals surface area contributed by atoms with Crippen molar-refractivity contribution in [3.63, 3.8) is 0 Å². The molecule has 0 radical (unpaired) electrons. The molecule has 0 bridgehead atoms. The molecule has 1 heterocycles. The Morgan fingerprint density at radius 1 is 1.03 bits per heavy atom. The van der Waals surface area contributed by atoms with Gasteiger partial charge in [-0.05, 0) is 47.8 Å². The number of carboxylic acid groups (broad SMARTS) is 1. The third kappa shape index (κ3) is 4.03. The highest BCUT2D eigenvalue weighted by Crippen LogP contribution is 2.53. The molecule has 0 spiro atoms. The average molecular weight is 450 g/mol. The summed E-state index contributed by atoms with van der Waals surface area (Å²) in [5, 5.41) is 10.5. The smallest absolute Gasteiger partial charge is 0.411 e. The predicted molar refractivity (Wildman–Crippen MR) is 128 cm³/mol. The fraction of sp³-hybridized carbons (Fsp3) is 0.500. The first kappa shape index (κ1) is 23.3. The normalized spacial score (nSPS) is 23.4. The molecule has 1 unspecified atom stereocenters. The van der Waals surface area contributed by atoms with Crippen LogP contribution in [-0.2, 0) is 21.5 Å². The van der Waals surface area contributed by atoms with Gasteiger partial charge in [-0.3, -0.25) is 9.69 Å². The van der Waals surface area contributed by atoms with Gasteiger partial charge in [-0.1, -0.05) is 88.2 Å². The van der Waals surface area contributed by atoms with E-state index in [2.05, 4.69) is 0 Å². The molecule has 4 rings (SSSR count). The maximum absolute atomic E-state index is 12.8. The summed E-state index contributed by atoms with van der Waals surface area (Å²) in [4.78, 5) is 27.2. The van der Waals surface area contributed by atoms with E-state index in [0.29, 0.717) is 6.54 Å². The lowest BCUT2D eigenvalue weighted by Crippen LogP contribution is -2.52. The van der Waals surface area contributed by atoms with Crippen LogP contribution in [0, 0.1) is 11.3 Å². The molecule has 33 heavy (non-hydrogen) atoms. The Kier molecular flexibility index (Phi) is 6.26. The fourth-order valence-electron chi connectivity index (χ4n) is 6.13. The van der Waals surface area contributed by atoms with Gasteiger partial charge in [0.2, 0.25) is 0 Å². The van der Waals surface area contributed by atoms with Crippen LogP contribution < -0.4 is 0 Å². The van der Waals surface area contributed by atoms with E-state index in [0.717, 1.165) is 42.4 Å². The first-order valence-corrected chi connectivity index (χ1v) is 12.0. The summed E-state index contributed by atoms with van der Waals surface area (Å²) in [6, 6.07) is 17.6. The van der Waals surface area contributed by atoms with Crippen LogP contribution in [0.5, 0.6) is 0 Å². The number of carbonyl (C=O) groups is 2. The van der Waals surface area contributed by atoms with E-state index in [1.54, 1.807) is 4.90 Å². The Bertz CT molecular complexity index is 989. The van der Waals surface area contributed by atoms with Gasteiger partial charge in [0.05, 0.1) is 6.04 Å². The molecule has 3 atom stereocenters. The molecular weight excluding hydrogens is 414 g/mol. The van der Waals surface area contributed by atoms with Crippen LogP contribution in [0.15, 0.2) is 54.6 Å². The van der Waals surface area contributed by atoms with Gasteiger partial charge in [-0.25, -0.2) is 4.79 Å². The lowest BCUT2D eigenvalue weighted by Gasteiger charge is -2.46. The zero-order chi connectivity index (χ0) is 23.8. The molecule has 5 heteroatoms. The van der Waals surface area contributed by atoms with Crippen LogP contribution >= 0.6 is 0 Å². The number of rotatable bonds is 6. The number of cyclic esters (lactones) is 1. The second-order valence-electron chi connectivity index (χ2n) is 10.6. The van der Waals surface area contributed by atoms with Crippen LogP contribution in [0.25, 0.3) is 0 Å².